The molecule has 3 rings (SSSR count). The Morgan fingerprint density at radius 3 is 2.94 bits per heavy atom. The van der Waals surface area contributed by atoms with Gasteiger partial charge in [-0.05, 0) is 12.1 Å². The van der Waals surface area contributed by atoms with E-state index in [-0.39, 0.29) is 6.04 Å². The Morgan fingerprint density at radius 2 is 2.18 bits per heavy atom. The lowest BCUT2D eigenvalue weighted by Gasteiger charge is -2.23. The summed E-state index contributed by atoms with van der Waals surface area (Å²) >= 11 is 0. The van der Waals surface area contributed by atoms with Crippen molar-refractivity contribution in [3.63, 3.8) is 0 Å². The zero-order valence-electron chi connectivity index (χ0n) is 9.41. The van der Waals surface area contributed by atoms with Crippen LogP contribution in [0.2, 0.25) is 0 Å². The molecule has 2 aromatic rings. The van der Waals surface area contributed by atoms with E-state index in [1.54, 1.807) is 6.33 Å². The van der Waals surface area contributed by atoms with Crippen molar-refractivity contribution in [2.75, 3.05) is 19.8 Å². The first-order valence-corrected chi connectivity index (χ1v) is 5.71. The molecule has 17 heavy (non-hydrogen) atoms. The largest absolute Gasteiger partial charge is 0.378 e. The summed E-state index contributed by atoms with van der Waals surface area (Å²) in [5.41, 5.74) is 1.02. The van der Waals surface area contributed by atoms with E-state index in [2.05, 4.69) is 15.4 Å². The van der Waals surface area contributed by atoms with Crippen molar-refractivity contribution in [1.29, 1.82) is 0 Å². The highest BCUT2D eigenvalue weighted by Crippen LogP contribution is 2.16. The summed E-state index contributed by atoms with van der Waals surface area (Å²) in [5.74, 6) is 0.899. The van der Waals surface area contributed by atoms with Gasteiger partial charge in [0.05, 0.1) is 24.9 Å². The van der Waals surface area contributed by atoms with Gasteiger partial charge < -0.3 is 10.1 Å². The maximum atomic E-state index is 5.45. The third kappa shape index (κ3) is 2.07. The number of hydrogen-bond donors (Lipinski definition) is 1. The fraction of sp³-hybridized carbons (Fsp3) is 0.333. The molecule has 0 aliphatic carbocycles. The van der Waals surface area contributed by atoms with Gasteiger partial charge in [-0.3, -0.25) is 0 Å². The van der Waals surface area contributed by atoms with Gasteiger partial charge in [-0.15, -0.1) is 0 Å². The number of benzene rings is 1. The van der Waals surface area contributed by atoms with E-state index in [1.165, 1.54) is 0 Å². The normalized spacial score (nSPS) is 20.4. The lowest BCUT2D eigenvalue weighted by Crippen LogP contribution is -2.36. The average molecular weight is 230 g/mol. The average Bonchev–Trinajstić information content (AvgIpc) is 2.90. The number of aromatic nitrogens is 3. The number of morpholine rings is 1. The Hall–Kier alpha value is -1.72. The highest BCUT2D eigenvalue weighted by atomic mass is 16.5. The molecule has 5 heteroatoms. The van der Waals surface area contributed by atoms with Crippen LogP contribution < -0.4 is 5.32 Å². The van der Waals surface area contributed by atoms with Gasteiger partial charge in [0.2, 0.25) is 0 Å². The first kappa shape index (κ1) is 10.4. The minimum Gasteiger partial charge on any atom is -0.378 e. The molecule has 1 aliphatic rings. The van der Waals surface area contributed by atoms with E-state index in [4.69, 9.17) is 4.74 Å². The van der Waals surface area contributed by atoms with Crippen LogP contribution in [-0.2, 0) is 4.74 Å². The van der Waals surface area contributed by atoms with E-state index >= 15 is 0 Å². The second kappa shape index (κ2) is 4.65. The van der Waals surface area contributed by atoms with Crippen LogP contribution in [0.5, 0.6) is 0 Å². The predicted molar refractivity (Wildman–Crippen MR) is 62.9 cm³/mol. The van der Waals surface area contributed by atoms with E-state index in [0.29, 0.717) is 6.61 Å². The Bertz CT molecular complexity index is 476. The Morgan fingerprint density at radius 1 is 1.29 bits per heavy atom. The smallest absolute Gasteiger partial charge is 0.151 e. The van der Waals surface area contributed by atoms with Crippen molar-refractivity contribution < 1.29 is 4.74 Å². The van der Waals surface area contributed by atoms with Gasteiger partial charge in [0, 0.05) is 6.54 Å². The summed E-state index contributed by atoms with van der Waals surface area (Å²) < 4.78 is 7.31. The first-order valence-electron chi connectivity index (χ1n) is 5.71. The monoisotopic (exact) mass is 230 g/mol. The molecule has 0 amide bonds. The van der Waals surface area contributed by atoms with Crippen molar-refractivity contribution in [3.8, 4) is 5.69 Å². The fourth-order valence-corrected chi connectivity index (χ4v) is 1.99. The second-order valence-electron chi connectivity index (χ2n) is 3.95. The minimum atomic E-state index is 0.117. The van der Waals surface area contributed by atoms with Crippen molar-refractivity contribution in [1.82, 2.24) is 20.1 Å². The lowest BCUT2D eigenvalue weighted by atomic mass is 10.2. The highest BCUT2D eigenvalue weighted by Gasteiger charge is 2.21. The molecule has 5 nitrogen and oxygen atoms in total. The van der Waals surface area contributed by atoms with E-state index in [1.807, 2.05) is 35.0 Å². The van der Waals surface area contributed by atoms with Gasteiger partial charge in [-0.2, -0.15) is 5.10 Å². The number of ether oxygens (including phenoxy) is 1. The van der Waals surface area contributed by atoms with E-state index in [9.17, 15) is 0 Å². The van der Waals surface area contributed by atoms with E-state index < -0.39 is 0 Å². The van der Waals surface area contributed by atoms with Crippen LogP contribution in [0, 0.1) is 0 Å². The fourth-order valence-electron chi connectivity index (χ4n) is 1.99. The van der Waals surface area contributed by atoms with Crippen LogP contribution in [0.15, 0.2) is 36.7 Å². The Kier molecular flexibility index (Phi) is 2.85. The maximum absolute atomic E-state index is 5.45. The standard InChI is InChI=1S/C12H14N4O/c1-2-4-10(5-3-1)16-12(14-9-15-16)11-8-17-7-6-13-11/h1-5,9,11,13H,6-8H2/t11-/m1/s1. The SMILES string of the molecule is c1ccc(-n2ncnc2[C@H]2COCCN2)cc1. The van der Waals surface area contributed by atoms with Crippen LogP contribution in [-0.4, -0.2) is 34.5 Å². The summed E-state index contributed by atoms with van der Waals surface area (Å²) in [6.07, 6.45) is 1.58. The number of hydrogen-bond acceptors (Lipinski definition) is 4. The molecule has 2 heterocycles. The van der Waals surface area contributed by atoms with Gasteiger partial charge in [-0.25, -0.2) is 9.67 Å². The number of nitrogens with one attached hydrogen (secondary N) is 1. The quantitative estimate of drug-likeness (QED) is 0.833. The third-order valence-electron chi connectivity index (χ3n) is 2.81. The molecule has 1 aromatic heterocycles. The number of rotatable bonds is 2. The van der Waals surface area contributed by atoms with Crippen molar-refractivity contribution in [3.05, 3.63) is 42.5 Å². The Labute approximate surface area is 99.4 Å². The summed E-state index contributed by atoms with van der Waals surface area (Å²) in [5, 5.41) is 7.65. The highest BCUT2D eigenvalue weighted by molar-refractivity contribution is 5.31. The maximum Gasteiger partial charge on any atom is 0.151 e. The molecule has 0 radical (unpaired) electrons. The van der Waals surface area contributed by atoms with Crippen molar-refractivity contribution in [2.45, 2.75) is 6.04 Å². The summed E-state index contributed by atoms with van der Waals surface area (Å²) in [6, 6.07) is 10.1. The molecular formula is C12H14N4O. The van der Waals surface area contributed by atoms with Gasteiger partial charge in [0.15, 0.2) is 5.82 Å². The van der Waals surface area contributed by atoms with Crippen LogP contribution in [0.1, 0.15) is 11.9 Å². The first-order chi connectivity index (χ1) is 8.45. The zero-order chi connectivity index (χ0) is 11.5. The molecule has 88 valence electrons. The summed E-state index contributed by atoms with van der Waals surface area (Å²) in [4.78, 5) is 4.33. The molecule has 0 bridgehead atoms. The summed E-state index contributed by atoms with van der Waals surface area (Å²) in [6.45, 7) is 2.26. The van der Waals surface area contributed by atoms with Crippen LogP contribution in [0.4, 0.5) is 0 Å². The molecule has 0 saturated carbocycles. The molecule has 1 N–H and O–H groups in total. The van der Waals surface area contributed by atoms with Gasteiger partial charge in [0.1, 0.15) is 6.33 Å². The topological polar surface area (TPSA) is 52.0 Å². The second-order valence-corrected chi connectivity index (χ2v) is 3.95. The molecule has 0 unspecified atom stereocenters. The van der Waals surface area contributed by atoms with Gasteiger partial charge in [0.25, 0.3) is 0 Å². The summed E-state index contributed by atoms with van der Waals surface area (Å²) in [7, 11) is 0. The van der Waals surface area contributed by atoms with Crippen LogP contribution in [0.25, 0.3) is 5.69 Å². The Balaban J connectivity index is 1.93. The van der Waals surface area contributed by atoms with E-state index in [0.717, 1.165) is 24.7 Å². The lowest BCUT2D eigenvalue weighted by molar-refractivity contribution is 0.0735. The molecule has 1 saturated heterocycles. The molecule has 1 fully saturated rings. The van der Waals surface area contributed by atoms with Gasteiger partial charge >= 0.3 is 0 Å². The molecule has 1 aromatic carbocycles. The van der Waals surface area contributed by atoms with Crippen LogP contribution >= 0.6 is 0 Å². The number of nitrogens with zero attached hydrogens (tertiary/aromatic N) is 3. The molecular weight excluding hydrogens is 216 g/mol. The third-order valence-corrected chi connectivity index (χ3v) is 2.81. The number of para-hydroxylation sites is 1. The predicted octanol–water partition coefficient (Wildman–Crippen LogP) is 0.928. The van der Waals surface area contributed by atoms with Crippen molar-refractivity contribution in [2.24, 2.45) is 0 Å². The molecule has 1 aliphatic heterocycles. The minimum absolute atomic E-state index is 0.117. The molecule has 1 atom stereocenters. The van der Waals surface area contributed by atoms with Gasteiger partial charge in [-0.1, -0.05) is 18.2 Å². The van der Waals surface area contributed by atoms with Crippen molar-refractivity contribution >= 4 is 0 Å². The van der Waals surface area contributed by atoms with Crippen LogP contribution in [0.3, 0.4) is 0 Å². The molecule has 0 spiro atoms. The zero-order valence-corrected chi connectivity index (χ0v) is 9.41.